The lowest BCUT2D eigenvalue weighted by molar-refractivity contribution is -0.0956. The average Bonchev–Trinajstić information content (AvgIpc) is 3.04. The van der Waals surface area contributed by atoms with Crippen LogP contribution in [0.1, 0.15) is 19.3 Å². The minimum atomic E-state index is -3.20. The van der Waals surface area contributed by atoms with Crippen LogP contribution < -0.4 is 4.90 Å². The van der Waals surface area contributed by atoms with Gasteiger partial charge in [-0.05, 0) is 24.8 Å². The maximum atomic E-state index is 12.6. The molecular weight excluding hydrogens is 366 g/mol. The van der Waals surface area contributed by atoms with Gasteiger partial charge in [-0.1, -0.05) is 0 Å². The Morgan fingerprint density at radius 2 is 2.19 bits per heavy atom. The first-order valence-electron chi connectivity index (χ1n) is 9.07. The number of hydrogen-bond acceptors (Lipinski definition) is 7. The van der Waals surface area contributed by atoms with Gasteiger partial charge in [0.1, 0.15) is 17.8 Å². The van der Waals surface area contributed by atoms with E-state index in [2.05, 4.69) is 25.9 Å². The number of hydrogen-bond donors (Lipinski definition) is 1. The number of H-pyrrole nitrogens is 1. The average molecular weight is 389 g/mol. The zero-order valence-corrected chi connectivity index (χ0v) is 16.1. The quantitative estimate of drug-likeness (QED) is 0.764. The van der Waals surface area contributed by atoms with Crippen LogP contribution in [0, 0.1) is 22.7 Å². The molecule has 1 N–H and O–H groups in total. The summed E-state index contributed by atoms with van der Waals surface area (Å²) in [6.45, 7) is 0.742. The molecule has 2 fully saturated rings. The van der Waals surface area contributed by atoms with Crippen LogP contribution in [0.3, 0.4) is 0 Å². The highest BCUT2D eigenvalue weighted by atomic mass is 32.2. The molecule has 4 rings (SSSR count). The molecule has 0 aromatic carbocycles. The van der Waals surface area contributed by atoms with Gasteiger partial charge in [0.15, 0.2) is 9.84 Å². The summed E-state index contributed by atoms with van der Waals surface area (Å²) < 4.78 is 30.4. The summed E-state index contributed by atoms with van der Waals surface area (Å²) in [6.07, 6.45) is 5.28. The third-order valence-electron chi connectivity index (χ3n) is 5.71. The van der Waals surface area contributed by atoms with Crippen LogP contribution >= 0.6 is 0 Å². The predicted molar refractivity (Wildman–Crippen MR) is 101 cm³/mol. The fourth-order valence-electron chi connectivity index (χ4n) is 4.14. The van der Waals surface area contributed by atoms with Crippen LogP contribution in [0.15, 0.2) is 18.6 Å². The van der Waals surface area contributed by atoms with Crippen LogP contribution in [-0.2, 0) is 14.6 Å². The van der Waals surface area contributed by atoms with Crippen molar-refractivity contribution in [3.05, 3.63) is 18.6 Å². The van der Waals surface area contributed by atoms with E-state index < -0.39 is 15.3 Å². The van der Waals surface area contributed by atoms with E-state index in [1.165, 1.54) is 0 Å². The second-order valence-corrected chi connectivity index (χ2v) is 10.0. The van der Waals surface area contributed by atoms with Crippen LogP contribution in [0.2, 0.25) is 0 Å². The van der Waals surface area contributed by atoms with Gasteiger partial charge in [0.05, 0.1) is 36.2 Å². The Morgan fingerprint density at radius 1 is 1.41 bits per heavy atom. The van der Waals surface area contributed by atoms with Gasteiger partial charge in [-0.15, -0.1) is 0 Å². The zero-order chi connectivity index (χ0) is 19.1. The van der Waals surface area contributed by atoms with Gasteiger partial charge in [-0.2, -0.15) is 5.26 Å². The number of sulfone groups is 1. The maximum absolute atomic E-state index is 12.6. The second kappa shape index (κ2) is 6.77. The molecule has 8 nitrogen and oxygen atoms in total. The first-order valence-corrected chi connectivity index (χ1v) is 10.9. The molecule has 2 aromatic heterocycles. The number of fused-ring (bicyclic) bond motifs is 1. The lowest BCUT2D eigenvalue weighted by Crippen LogP contribution is -2.50. The molecular formula is C18H23N5O3S. The summed E-state index contributed by atoms with van der Waals surface area (Å²) in [7, 11) is -1.20. The normalized spacial score (nSPS) is 24.0. The Hall–Kier alpha value is -2.18. The molecule has 144 valence electrons. The molecule has 1 saturated heterocycles. The number of anilines is 1. The minimum absolute atomic E-state index is 0.0560. The number of nitrogens with zero attached hydrogens (tertiary/aromatic N) is 4. The molecule has 1 saturated carbocycles. The summed E-state index contributed by atoms with van der Waals surface area (Å²) in [5.41, 5.74) is 0.310. The van der Waals surface area contributed by atoms with Crippen molar-refractivity contribution in [2.75, 3.05) is 36.7 Å². The lowest BCUT2D eigenvalue weighted by Gasteiger charge is -2.43. The van der Waals surface area contributed by atoms with E-state index in [9.17, 15) is 8.42 Å². The van der Waals surface area contributed by atoms with Crippen molar-refractivity contribution in [2.45, 2.75) is 25.3 Å². The summed E-state index contributed by atoms with van der Waals surface area (Å²) in [6, 6.07) is 4.33. The molecule has 2 aromatic rings. The Morgan fingerprint density at radius 3 is 2.85 bits per heavy atom. The number of nitrogens with one attached hydrogen (secondary N) is 1. The minimum Gasteiger partial charge on any atom is -0.380 e. The number of rotatable bonds is 7. The Kier molecular flexibility index (Phi) is 4.56. The van der Waals surface area contributed by atoms with Crippen molar-refractivity contribution in [1.82, 2.24) is 15.0 Å². The summed E-state index contributed by atoms with van der Waals surface area (Å²) in [4.78, 5) is 13.8. The highest BCUT2D eigenvalue weighted by molar-refractivity contribution is 7.91. The molecule has 3 heterocycles. The monoisotopic (exact) mass is 389 g/mol. The van der Waals surface area contributed by atoms with Gasteiger partial charge >= 0.3 is 0 Å². The summed E-state index contributed by atoms with van der Waals surface area (Å²) in [5, 5.41) is 9.92. The lowest BCUT2D eigenvalue weighted by atomic mass is 9.81. The number of aromatic nitrogens is 3. The fraction of sp³-hybridized carbons (Fsp3) is 0.611. The highest BCUT2D eigenvalue weighted by Crippen LogP contribution is 2.38. The van der Waals surface area contributed by atoms with Gasteiger partial charge in [-0.25, -0.2) is 18.4 Å². The SMILES string of the molecule is CN(c1ncnc2[nH]ccc12)C1CC(CS(=O)(=O)CC2(CC#N)COC2)C1. The molecule has 0 atom stereocenters. The molecule has 9 heteroatoms. The van der Waals surface area contributed by atoms with Crippen molar-refractivity contribution in [1.29, 1.82) is 5.26 Å². The number of nitriles is 1. The number of aromatic amines is 1. The van der Waals surface area contributed by atoms with E-state index in [0.717, 1.165) is 29.7 Å². The first kappa shape index (κ1) is 18.2. The Balaban J connectivity index is 1.35. The molecule has 1 aliphatic carbocycles. The van der Waals surface area contributed by atoms with Crippen molar-refractivity contribution < 1.29 is 13.2 Å². The summed E-state index contributed by atoms with van der Waals surface area (Å²) >= 11 is 0. The predicted octanol–water partition coefficient (Wildman–Crippen LogP) is 1.52. The van der Waals surface area contributed by atoms with Crippen molar-refractivity contribution in [2.24, 2.45) is 11.3 Å². The molecule has 0 spiro atoms. The van der Waals surface area contributed by atoms with E-state index >= 15 is 0 Å². The van der Waals surface area contributed by atoms with Gasteiger partial charge in [0, 0.05) is 31.1 Å². The van der Waals surface area contributed by atoms with Crippen LogP contribution in [0.25, 0.3) is 11.0 Å². The van der Waals surface area contributed by atoms with E-state index in [0.29, 0.717) is 13.2 Å². The molecule has 0 unspecified atom stereocenters. The van der Waals surface area contributed by atoms with E-state index in [1.807, 2.05) is 19.3 Å². The smallest absolute Gasteiger partial charge is 0.151 e. The largest absolute Gasteiger partial charge is 0.380 e. The van der Waals surface area contributed by atoms with Crippen LogP contribution in [0.4, 0.5) is 5.82 Å². The van der Waals surface area contributed by atoms with Crippen molar-refractivity contribution >= 4 is 26.7 Å². The molecule has 0 bridgehead atoms. The Bertz CT molecular complexity index is 970. The third kappa shape index (κ3) is 3.51. The fourth-order valence-corrected chi connectivity index (χ4v) is 6.45. The van der Waals surface area contributed by atoms with E-state index in [4.69, 9.17) is 10.00 Å². The van der Waals surface area contributed by atoms with E-state index in [-0.39, 0.29) is 29.9 Å². The molecule has 2 aliphatic rings. The van der Waals surface area contributed by atoms with Gasteiger partial charge < -0.3 is 14.6 Å². The van der Waals surface area contributed by atoms with E-state index in [1.54, 1.807) is 6.33 Å². The maximum Gasteiger partial charge on any atom is 0.151 e. The highest BCUT2D eigenvalue weighted by Gasteiger charge is 2.44. The Labute approximate surface area is 158 Å². The third-order valence-corrected chi connectivity index (χ3v) is 7.74. The molecule has 27 heavy (non-hydrogen) atoms. The van der Waals surface area contributed by atoms with Crippen LogP contribution in [-0.4, -0.2) is 61.2 Å². The zero-order valence-electron chi connectivity index (χ0n) is 15.3. The second-order valence-electron chi connectivity index (χ2n) is 7.92. The van der Waals surface area contributed by atoms with Crippen LogP contribution in [0.5, 0.6) is 0 Å². The topological polar surface area (TPSA) is 112 Å². The molecule has 0 amide bonds. The number of ether oxygens (including phenoxy) is 1. The van der Waals surface area contributed by atoms with Gasteiger partial charge in [0.25, 0.3) is 0 Å². The van der Waals surface area contributed by atoms with Gasteiger partial charge in [-0.3, -0.25) is 0 Å². The van der Waals surface area contributed by atoms with Crippen molar-refractivity contribution in [3.63, 3.8) is 0 Å². The summed E-state index contributed by atoms with van der Waals surface area (Å²) in [5.74, 6) is 1.27. The van der Waals surface area contributed by atoms with Crippen molar-refractivity contribution in [3.8, 4) is 6.07 Å². The first-order chi connectivity index (χ1) is 12.9. The standard InChI is InChI=1S/C18H23N5O3S/c1-23(17-15-2-5-20-16(15)21-12-22-17)14-6-13(7-14)8-27(24,25)11-18(3-4-19)9-26-10-18/h2,5,12-14H,3,6-11H2,1H3,(H,20,21,22). The van der Waals surface area contributed by atoms with Gasteiger partial charge in [0.2, 0.25) is 0 Å². The molecule has 1 aliphatic heterocycles. The molecule has 0 radical (unpaired) electrons.